The normalized spacial score (nSPS) is 16.8. The van der Waals surface area contributed by atoms with Gasteiger partial charge in [-0.3, -0.25) is 4.79 Å². The van der Waals surface area contributed by atoms with Gasteiger partial charge in [-0.2, -0.15) is 0 Å². The summed E-state index contributed by atoms with van der Waals surface area (Å²) in [6.07, 6.45) is 11.5. The minimum atomic E-state index is -0.0517. The van der Waals surface area contributed by atoms with Crippen molar-refractivity contribution in [3.63, 3.8) is 0 Å². The first-order valence-electron chi connectivity index (χ1n) is 11.3. The number of methoxy groups -OCH3 is 1. The Balaban J connectivity index is 0. The monoisotopic (exact) mass is 491 g/mol. The van der Waals surface area contributed by atoms with Crippen LogP contribution >= 0.6 is 15.9 Å². The number of aromatic nitrogens is 1. The molecule has 0 amide bonds. The van der Waals surface area contributed by atoms with E-state index >= 15 is 0 Å². The van der Waals surface area contributed by atoms with Crippen LogP contribution in [0.5, 0.6) is 5.88 Å². The van der Waals surface area contributed by atoms with E-state index in [9.17, 15) is 4.79 Å². The third-order valence-corrected chi connectivity index (χ3v) is 5.02. The molecule has 1 aromatic rings. The second-order valence-electron chi connectivity index (χ2n) is 6.37. The van der Waals surface area contributed by atoms with Gasteiger partial charge < -0.3 is 4.74 Å². The highest BCUT2D eigenvalue weighted by atomic mass is 79.9. The number of aryl methyl sites for hydroxylation is 1. The fourth-order valence-corrected chi connectivity index (χ4v) is 3.42. The first kappa shape index (κ1) is 31.2. The van der Waals surface area contributed by atoms with Gasteiger partial charge in [-0.1, -0.05) is 93.9 Å². The average Bonchev–Trinajstić information content (AvgIpc) is 2.82. The van der Waals surface area contributed by atoms with Gasteiger partial charge in [0.05, 0.1) is 7.11 Å². The molecule has 1 aromatic heterocycles. The van der Waals surface area contributed by atoms with E-state index in [4.69, 9.17) is 4.74 Å². The van der Waals surface area contributed by atoms with E-state index in [0.29, 0.717) is 12.3 Å². The second kappa shape index (κ2) is 18.8. The molecule has 3 nitrogen and oxygen atoms in total. The second-order valence-corrected chi connectivity index (χ2v) is 7.28. The van der Waals surface area contributed by atoms with Crippen molar-refractivity contribution < 1.29 is 9.53 Å². The van der Waals surface area contributed by atoms with E-state index in [1.807, 2.05) is 72.8 Å². The number of halogens is 1. The molecule has 4 heteroatoms. The van der Waals surface area contributed by atoms with E-state index in [1.165, 1.54) is 5.56 Å². The third-order valence-electron chi connectivity index (χ3n) is 4.49. The lowest BCUT2D eigenvalue weighted by molar-refractivity contribution is -0.121. The summed E-state index contributed by atoms with van der Waals surface area (Å²) in [4.78, 5) is 16.0. The highest BCUT2D eigenvalue weighted by Crippen LogP contribution is 2.35. The van der Waals surface area contributed by atoms with Gasteiger partial charge in [0.25, 0.3) is 0 Å². The molecule has 0 radical (unpaired) electrons. The largest absolute Gasteiger partial charge is 0.481 e. The number of Topliss-reactive ketones (excluding diaryl/α,β-unsaturated/α-hetero) is 1. The number of carbonyl (C=O) groups is 1. The number of ketones is 1. The third kappa shape index (κ3) is 11.3. The molecule has 1 aliphatic carbocycles. The molecule has 0 saturated heterocycles. The Morgan fingerprint density at radius 3 is 2.29 bits per heavy atom. The Bertz CT molecular complexity index is 728. The first-order valence-corrected chi connectivity index (χ1v) is 12.1. The van der Waals surface area contributed by atoms with Crippen LogP contribution in [0.1, 0.15) is 67.4 Å². The number of rotatable bonds is 6. The number of hydrogen-bond acceptors (Lipinski definition) is 3. The van der Waals surface area contributed by atoms with Crippen LogP contribution in [0.15, 0.2) is 64.8 Å². The lowest BCUT2D eigenvalue weighted by atomic mass is 9.77. The maximum atomic E-state index is 12.0. The lowest BCUT2D eigenvalue weighted by Gasteiger charge is -2.26. The predicted octanol–water partition coefficient (Wildman–Crippen LogP) is 8.27. The predicted molar refractivity (Wildman–Crippen MR) is 140 cm³/mol. The zero-order chi connectivity index (χ0) is 24.4. The van der Waals surface area contributed by atoms with E-state index in [2.05, 4.69) is 46.6 Å². The van der Waals surface area contributed by atoms with Crippen molar-refractivity contribution in [1.82, 2.24) is 4.98 Å². The minimum absolute atomic E-state index is 0.0517. The lowest BCUT2D eigenvalue weighted by Crippen LogP contribution is -2.24. The zero-order valence-corrected chi connectivity index (χ0v) is 22.5. The Hall–Kier alpha value is -1.94. The van der Waals surface area contributed by atoms with Crippen LogP contribution in [-0.4, -0.2) is 17.9 Å². The van der Waals surface area contributed by atoms with Crippen LogP contribution in [0.25, 0.3) is 0 Å². The number of hydrogen-bond donors (Lipinski definition) is 0. The summed E-state index contributed by atoms with van der Waals surface area (Å²) < 4.78 is 5.98. The van der Waals surface area contributed by atoms with Crippen molar-refractivity contribution in [2.45, 2.75) is 68.2 Å². The van der Waals surface area contributed by atoms with Crippen molar-refractivity contribution in [2.24, 2.45) is 11.8 Å². The van der Waals surface area contributed by atoms with Crippen LogP contribution in [0, 0.1) is 11.8 Å². The molecule has 31 heavy (non-hydrogen) atoms. The standard InChI is InChI=1S/C15H19BrO.C8H11NO.2C2H6/c1-5-12(10(3)4)14-9-11(16)7-8-13(14)15(17)6-2;1-3-7-4-5-9-8(6-7)10-2;2*1-2/h5,7-9,13-14H,3,6H2,1-2,4H3;4-6H,3H2,1-2H3;2*1-2H3/b12-5+;;;. The van der Waals surface area contributed by atoms with Crippen LogP contribution in [-0.2, 0) is 11.2 Å². The molecular formula is C27H42BrNO2. The SMILES string of the molecule is C=C(C)/C(=C\C)C1C=C(Br)C=CC1C(=O)CC.CC.CC.CCc1ccnc(OC)c1. The molecular weight excluding hydrogens is 450 g/mol. The van der Waals surface area contributed by atoms with E-state index < -0.39 is 0 Å². The Kier molecular flexibility index (Phi) is 18.9. The van der Waals surface area contributed by atoms with Gasteiger partial charge >= 0.3 is 0 Å². The molecule has 0 aromatic carbocycles. The fourth-order valence-electron chi connectivity index (χ4n) is 2.98. The highest BCUT2D eigenvalue weighted by Gasteiger charge is 2.28. The quantitative estimate of drug-likeness (QED) is 0.375. The summed E-state index contributed by atoms with van der Waals surface area (Å²) in [6, 6.07) is 3.93. The van der Waals surface area contributed by atoms with Crippen molar-refractivity contribution in [1.29, 1.82) is 0 Å². The summed E-state index contributed by atoms with van der Waals surface area (Å²) in [5, 5.41) is 0. The Labute approximate surface area is 199 Å². The molecule has 0 spiro atoms. The number of ether oxygens (including phenoxy) is 1. The molecule has 2 rings (SSSR count). The maximum Gasteiger partial charge on any atom is 0.213 e. The molecule has 2 unspecified atom stereocenters. The highest BCUT2D eigenvalue weighted by molar-refractivity contribution is 9.11. The summed E-state index contributed by atoms with van der Waals surface area (Å²) >= 11 is 3.48. The van der Waals surface area contributed by atoms with E-state index in [0.717, 1.165) is 22.0 Å². The zero-order valence-electron chi connectivity index (χ0n) is 21.0. The number of carbonyl (C=O) groups excluding carboxylic acids is 1. The summed E-state index contributed by atoms with van der Waals surface area (Å²) in [5.41, 5.74) is 3.43. The van der Waals surface area contributed by atoms with Gasteiger partial charge in [0.2, 0.25) is 5.88 Å². The first-order chi connectivity index (χ1) is 14.9. The summed E-state index contributed by atoms with van der Waals surface area (Å²) in [7, 11) is 1.63. The molecule has 0 saturated carbocycles. The topological polar surface area (TPSA) is 39.2 Å². The van der Waals surface area contributed by atoms with Crippen LogP contribution in [0.2, 0.25) is 0 Å². The smallest absolute Gasteiger partial charge is 0.213 e. The number of allylic oxidation sites excluding steroid dienone is 7. The summed E-state index contributed by atoms with van der Waals surface area (Å²) in [6.45, 7) is 20.0. The molecule has 0 fully saturated rings. The molecule has 1 aliphatic rings. The fraction of sp³-hybridized carbons (Fsp3) is 0.481. The minimum Gasteiger partial charge on any atom is -0.481 e. The van der Waals surface area contributed by atoms with Gasteiger partial charge in [-0.15, -0.1) is 0 Å². The van der Waals surface area contributed by atoms with Gasteiger partial charge in [0, 0.05) is 35.0 Å². The maximum absolute atomic E-state index is 12.0. The van der Waals surface area contributed by atoms with E-state index in [1.54, 1.807) is 13.3 Å². The van der Waals surface area contributed by atoms with E-state index in [-0.39, 0.29) is 17.6 Å². The van der Waals surface area contributed by atoms with Crippen molar-refractivity contribution >= 4 is 21.7 Å². The Morgan fingerprint density at radius 1 is 1.23 bits per heavy atom. The van der Waals surface area contributed by atoms with Gasteiger partial charge in [-0.25, -0.2) is 4.98 Å². The van der Waals surface area contributed by atoms with Gasteiger partial charge in [0.15, 0.2) is 0 Å². The molecule has 0 bridgehead atoms. The molecule has 1 heterocycles. The number of nitrogens with zero attached hydrogens (tertiary/aromatic N) is 1. The van der Waals surface area contributed by atoms with Gasteiger partial charge in [0.1, 0.15) is 5.78 Å². The number of pyridine rings is 1. The van der Waals surface area contributed by atoms with Crippen molar-refractivity contribution in [2.75, 3.05) is 7.11 Å². The molecule has 0 aliphatic heterocycles. The van der Waals surface area contributed by atoms with Crippen LogP contribution in [0.3, 0.4) is 0 Å². The van der Waals surface area contributed by atoms with Crippen LogP contribution < -0.4 is 4.74 Å². The van der Waals surface area contributed by atoms with Crippen LogP contribution in [0.4, 0.5) is 0 Å². The van der Waals surface area contributed by atoms with Crippen molar-refractivity contribution in [3.8, 4) is 5.88 Å². The molecule has 174 valence electrons. The average molecular weight is 493 g/mol. The molecule has 0 N–H and O–H groups in total. The van der Waals surface area contributed by atoms with Crippen molar-refractivity contribution in [3.05, 3.63) is 70.4 Å². The summed E-state index contributed by atoms with van der Waals surface area (Å²) in [5.74, 6) is 1.04. The van der Waals surface area contributed by atoms with Gasteiger partial charge in [-0.05, 0) is 37.5 Å². The molecule has 2 atom stereocenters. The Morgan fingerprint density at radius 2 is 1.84 bits per heavy atom.